The minimum atomic E-state index is -0.557. The number of halogens is 1. The van der Waals surface area contributed by atoms with Gasteiger partial charge in [-0.2, -0.15) is 0 Å². The summed E-state index contributed by atoms with van der Waals surface area (Å²) in [6.45, 7) is 0.563. The molecule has 1 amide bonds. The first-order valence-corrected chi connectivity index (χ1v) is 8.36. The van der Waals surface area contributed by atoms with E-state index in [1.165, 1.54) is 30.6 Å². The molecule has 1 aromatic carbocycles. The van der Waals surface area contributed by atoms with E-state index in [0.717, 1.165) is 6.42 Å². The molecule has 0 spiro atoms. The standard InChI is InChI=1S/C17H16FNO4S/c1-22-17(21)14-12(10-4-6-11(18)7-5-10)9-24-16(14)19-15(20)13-3-2-8-23-13/h4-7,9,13H,2-3,8H2,1H3,(H,19,20)/t13-/m1/s1. The smallest absolute Gasteiger partial charge is 0.341 e. The minimum absolute atomic E-state index is 0.264. The third kappa shape index (κ3) is 3.32. The molecule has 126 valence electrons. The molecule has 2 heterocycles. The Kier molecular flexibility index (Phi) is 4.92. The highest BCUT2D eigenvalue weighted by Gasteiger charge is 2.27. The number of benzene rings is 1. The molecule has 1 aliphatic rings. The number of thiophene rings is 1. The van der Waals surface area contributed by atoms with E-state index < -0.39 is 12.1 Å². The molecule has 2 aromatic rings. The average molecular weight is 349 g/mol. The molecule has 24 heavy (non-hydrogen) atoms. The van der Waals surface area contributed by atoms with Crippen LogP contribution in [0.2, 0.25) is 0 Å². The van der Waals surface area contributed by atoms with Crippen LogP contribution in [0, 0.1) is 5.82 Å². The molecule has 7 heteroatoms. The molecule has 0 saturated carbocycles. The van der Waals surface area contributed by atoms with Crippen LogP contribution in [0.3, 0.4) is 0 Å². The summed E-state index contributed by atoms with van der Waals surface area (Å²) in [5.74, 6) is -1.19. The quantitative estimate of drug-likeness (QED) is 0.859. The van der Waals surface area contributed by atoms with Gasteiger partial charge in [0, 0.05) is 17.6 Å². The summed E-state index contributed by atoms with van der Waals surface area (Å²) >= 11 is 1.22. The third-order valence-electron chi connectivity index (χ3n) is 3.79. The van der Waals surface area contributed by atoms with Gasteiger partial charge >= 0.3 is 5.97 Å². The average Bonchev–Trinajstić information content (AvgIpc) is 3.24. The van der Waals surface area contributed by atoms with E-state index in [4.69, 9.17) is 9.47 Å². The lowest BCUT2D eigenvalue weighted by Crippen LogP contribution is -2.27. The number of esters is 1. The molecule has 5 nitrogen and oxygen atoms in total. The number of rotatable bonds is 4. The van der Waals surface area contributed by atoms with Gasteiger partial charge < -0.3 is 14.8 Å². The second-order valence-electron chi connectivity index (χ2n) is 5.34. The first-order chi connectivity index (χ1) is 11.6. The van der Waals surface area contributed by atoms with Gasteiger partial charge in [-0.15, -0.1) is 11.3 Å². The monoisotopic (exact) mass is 349 g/mol. The highest BCUT2D eigenvalue weighted by molar-refractivity contribution is 7.15. The third-order valence-corrected chi connectivity index (χ3v) is 4.69. The molecular formula is C17H16FNO4S. The van der Waals surface area contributed by atoms with E-state index in [2.05, 4.69) is 5.32 Å². The van der Waals surface area contributed by atoms with Crippen LogP contribution in [0.25, 0.3) is 11.1 Å². The van der Waals surface area contributed by atoms with Crippen LogP contribution < -0.4 is 5.32 Å². The zero-order valence-corrected chi connectivity index (χ0v) is 13.8. The van der Waals surface area contributed by atoms with Gasteiger partial charge in [0.15, 0.2) is 0 Å². The number of carbonyl (C=O) groups is 2. The lowest BCUT2D eigenvalue weighted by Gasteiger charge is -2.11. The van der Waals surface area contributed by atoms with Gasteiger partial charge in [0.05, 0.1) is 7.11 Å². The van der Waals surface area contributed by atoms with Crippen LogP contribution in [0.1, 0.15) is 23.2 Å². The van der Waals surface area contributed by atoms with Crippen LogP contribution in [0.4, 0.5) is 9.39 Å². The summed E-state index contributed by atoms with van der Waals surface area (Å²) in [7, 11) is 1.28. The molecule has 1 atom stereocenters. The van der Waals surface area contributed by atoms with Gasteiger partial charge in [-0.1, -0.05) is 12.1 Å². The Balaban J connectivity index is 1.93. The summed E-state index contributed by atoms with van der Waals surface area (Å²) < 4.78 is 23.3. The lowest BCUT2D eigenvalue weighted by molar-refractivity contribution is -0.124. The number of amides is 1. The fourth-order valence-electron chi connectivity index (χ4n) is 2.57. The van der Waals surface area contributed by atoms with Gasteiger partial charge in [0.2, 0.25) is 0 Å². The van der Waals surface area contributed by atoms with Crippen LogP contribution in [-0.2, 0) is 14.3 Å². The SMILES string of the molecule is COC(=O)c1c(-c2ccc(F)cc2)csc1NC(=O)[C@H]1CCCO1. The summed E-state index contributed by atoms with van der Waals surface area (Å²) in [5.41, 5.74) is 1.53. The molecule has 1 aromatic heterocycles. The van der Waals surface area contributed by atoms with Crippen molar-refractivity contribution in [2.24, 2.45) is 0 Å². The Morgan fingerprint density at radius 3 is 2.71 bits per heavy atom. The second-order valence-corrected chi connectivity index (χ2v) is 6.22. The van der Waals surface area contributed by atoms with E-state index in [1.807, 2.05) is 0 Å². The molecule has 1 aliphatic heterocycles. The molecule has 3 rings (SSSR count). The number of carbonyl (C=O) groups excluding carboxylic acids is 2. The zero-order valence-electron chi connectivity index (χ0n) is 13.0. The Morgan fingerprint density at radius 2 is 2.08 bits per heavy atom. The predicted molar refractivity (Wildman–Crippen MR) is 88.7 cm³/mol. The summed E-state index contributed by atoms with van der Waals surface area (Å²) in [6, 6.07) is 5.79. The normalized spacial score (nSPS) is 16.8. The molecule has 1 fully saturated rings. The van der Waals surface area contributed by atoms with E-state index in [9.17, 15) is 14.0 Å². The first kappa shape index (κ1) is 16.6. The van der Waals surface area contributed by atoms with E-state index in [1.54, 1.807) is 17.5 Å². The molecule has 1 N–H and O–H groups in total. The number of ether oxygens (including phenoxy) is 2. The molecule has 0 bridgehead atoms. The number of anilines is 1. The lowest BCUT2D eigenvalue weighted by atomic mass is 10.0. The summed E-state index contributed by atoms with van der Waals surface area (Å²) in [5, 5.41) is 4.89. The van der Waals surface area contributed by atoms with E-state index in [0.29, 0.717) is 29.2 Å². The van der Waals surface area contributed by atoms with Crippen LogP contribution in [0.15, 0.2) is 29.6 Å². The van der Waals surface area contributed by atoms with Crippen molar-refractivity contribution in [3.8, 4) is 11.1 Å². The van der Waals surface area contributed by atoms with E-state index in [-0.39, 0.29) is 17.3 Å². The fraction of sp³-hybridized carbons (Fsp3) is 0.294. The summed E-state index contributed by atoms with van der Waals surface area (Å²) in [4.78, 5) is 24.4. The van der Waals surface area contributed by atoms with Crippen molar-refractivity contribution in [2.75, 3.05) is 19.0 Å². The highest BCUT2D eigenvalue weighted by atomic mass is 32.1. The Morgan fingerprint density at radius 1 is 1.33 bits per heavy atom. The largest absolute Gasteiger partial charge is 0.465 e. The van der Waals surface area contributed by atoms with Crippen molar-refractivity contribution in [3.05, 3.63) is 41.0 Å². The highest BCUT2D eigenvalue weighted by Crippen LogP contribution is 2.36. The van der Waals surface area contributed by atoms with E-state index >= 15 is 0 Å². The molecule has 1 saturated heterocycles. The Hall–Kier alpha value is -2.25. The number of hydrogen-bond donors (Lipinski definition) is 1. The summed E-state index contributed by atoms with van der Waals surface area (Å²) in [6.07, 6.45) is 1.01. The Bertz CT molecular complexity index is 750. The number of hydrogen-bond acceptors (Lipinski definition) is 5. The van der Waals surface area contributed by atoms with Crippen LogP contribution >= 0.6 is 11.3 Å². The number of methoxy groups -OCH3 is 1. The maximum Gasteiger partial charge on any atom is 0.341 e. The van der Waals surface area contributed by atoms with Gasteiger partial charge in [0.25, 0.3) is 5.91 Å². The molecule has 0 aliphatic carbocycles. The first-order valence-electron chi connectivity index (χ1n) is 7.48. The number of nitrogens with one attached hydrogen (secondary N) is 1. The van der Waals surface area contributed by atoms with Crippen molar-refractivity contribution in [3.63, 3.8) is 0 Å². The van der Waals surface area contributed by atoms with Crippen molar-refractivity contribution in [1.82, 2.24) is 0 Å². The maximum absolute atomic E-state index is 13.1. The van der Waals surface area contributed by atoms with Crippen molar-refractivity contribution in [2.45, 2.75) is 18.9 Å². The van der Waals surface area contributed by atoms with Crippen LogP contribution in [-0.4, -0.2) is 31.7 Å². The predicted octanol–water partition coefficient (Wildman–Crippen LogP) is 3.46. The van der Waals surface area contributed by atoms with Gasteiger partial charge in [0.1, 0.15) is 22.5 Å². The van der Waals surface area contributed by atoms with Gasteiger partial charge in [-0.25, -0.2) is 9.18 Å². The fourth-order valence-corrected chi connectivity index (χ4v) is 3.53. The molecular weight excluding hydrogens is 333 g/mol. The van der Waals surface area contributed by atoms with Crippen LogP contribution in [0.5, 0.6) is 0 Å². The zero-order chi connectivity index (χ0) is 17.1. The van der Waals surface area contributed by atoms with Crippen molar-refractivity contribution >= 4 is 28.2 Å². The van der Waals surface area contributed by atoms with Crippen molar-refractivity contribution in [1.29, 1.82) is 0 Å². The minimum Gasteiger partial charge on any atom is -0.465 e. The molecule has 0 radical (unpaired) electrons. The molecule has 0 unspecified atom stereocenters. The second kappa shape index (κ2) is 7.11. The van der Waals surface area contributed by atoms with Gasteiger partial charge in [-0.3, -0.25) is 4.79 Å². The maximum atomic E-state index is 13.1. The van der Waals surface area contributed by atoms with Gasteiger partial charge in [-0.05, 0) is 30.5 Å². The Labute approximate surface area is 142 Å². The topological polar surface area (TPSA) is 64.6 Å². The van der Waals surface area contributed by atoms with Crippen molar-refractivity contribution < 1.29 is 23.5 Å².